The lowest BCUT2D eigenvalue weighted by Crippen LogP contribution is -1.94. The zero-order valence-corrected chi connectivity index (χ0v) is 30.4. The van der Waals surface area contributed by atoms with Crippen molar-refractivity contribution in [3.05, 3.63) is 78.7 Å². The molecule has 248 valence electrons. The number of fused-ring (bicyclic) bond motifs is 2. The quantitative estimate of drug-likeness (QED) is 0.133. The molecule has 8 rings (SSSR count). The second kappa shape index (κ2) is 15.6. The van der Waals surface area contributed by atoms with Gasteiger partial charge in [0, 0.05) is 61.1 Å². The Kier molecular flexibility index (Phi) is 10.9. The van der Waals surface area contributed by atoms with Crippen molar-refractivity contribution in [2.45, 2.75) is 8.68 Å². The lowest BCUT2D eigenvalue weighted by Gasteiger charge is -2.04. The number of halogens is 1. The summed E-state index contributed by atoms with van der Waals surface area (Å²) < 4.78 is 5.36. The SMILES string of the molecule is CSc1nnc(N)s1.CSc1nnc(Nc2ccc3ncc(-c4cnn(C)c4)cc3n2)s1.Cn1cc(-c2cnc3ccc(Cl)nc3c2)cn1. The third-order valence-electron chi connectivity index (χ3n) is 6.53. The molecule has 8 aromatic heterocycles. The predicted octanol–water partition coefficient (Wildman–Crippen LogP) is 6.87. The van der Waals surface area contributed by atoms with E-state index in [2.05, 4.69) is 55.8 Å². The topological polar surface area (TPSA) is 177 Å². The lowest BCUT2D eigenvalue weighted by molar-refractivity contribution is 0.768. The van der Waals surface area contributed by atoms with Crippen LogP contribution in [0, 0.1) is 0 Å². The molecule has 0 saturated carbocycles. The minimum Gasteiger partial charge on any atom is -0.374 e. The molecule has 0 unspecified atom stereocenters. The van der Waals surface area contributed by atoms with Crippen LogP contribution in [-0.2, 0) is 14.1 Å². The Labute approximate surface area is 301 Å². The van der Waals surface area contributed by atoms with Crippen LogP contribution in [0.25, 0.3) is 44.3 Å². The van der Waals surface area contributed by atoms with E-state index in [-0.39, 0.29) is 0 Å². The van der Waals surface area contributed by atoms with Crippen molar-refractivity contribution in [2.75, 3.05) is 23.6 Å². The maximum absolute atomic E-state index is 5.87. The fourth-order valence-corrected chi connectivity index (χ4v) is 6.65. The molecule has 0 aliphatic carbocycles. The van der Waals surface area contributed by atoms with Crippen LogP contribution in [0.3, 0.4) is 0 Å². The van der Waals surface area contributed by atoms with Crippen LogP contribution in [0.15, 0.2) is 82.3 Å². The second-order valence-corrected chi connectivity index (χ2v) is 14.5. The number of nitrogens with one attached hydrogen (secondary N) is 1. The van der Waals surface area contributed by atoms with Crippen molar-refractivity contribution in [1.82, 2.24) is 59.9 Å². The zero-order chi connectivity index (χ0) is 34.3. The number of hydrogen-bond acceptors (Lipinski definition) is 16. The second-order valence-electron chi connectivity index (χ2n) is 9.97. The molecular formula is C30H27ClN14S4. The van der Waals surface area contributed by atoms with Crippen LogP contribution in [0.4, 0.5) is 16.1 Å². The van der Waals surface area contributed by atoms with Gasteiger partial charge in [0.1, 0.15) is 11.0 Å². The molecule has 0 aliphatic rings. The highest BCUT2D eigenvalue weighted by Crippen LogP contribution is 2.27. The third kappa shape index (κ3) is 8.84. The van der Waals surface area contributed by atoms with Crippen LogP contribution < -0.4 is 11.1 Å². The van der Waals surface area contributed by atoms with Crippen LogP contribution in [0.2, 0.25) is 5.15 Å². The van der Waals surface area contributed by atoms with Gasteiger partial charge in [-0.15, -0.1) is 20.4 Å². The third-order valence-corrected chi connectivity index (χ3v) is 10.3. The predicted molar refractivity (Wildman–Crippen MR) is 200 cm³/mol. The first-order chi connectivity index (χ1) is 23.8. The van der Waals surface area contributed by atoms with Crippen molar-refractivity contribution in [3.8, 4) is 22.3 Å². The number of thioether (sulfide) groups is 2. The number of nitrogen functional groups attached to an aromatic ring is 1. The first-order valence-corrected chi connectivity index (χ1v) is 18.7. The molecule has 0 aromatic carbocycles. The molecule has 0 fully saturated rings. The van der Waals surface area contributed by atoms with E-state index in [1.54, 1.807) is 45.2 Å². The molecule has 14 nitrogen and oxygen atoms in total. The van der Waals surface area contributed by atoms with Gasteiger partial charge in [-0.25, -0.2) is 9.97 Å². The van der Waals surface area contributed by atoms with E-state index >= 15 is 0 Å². The summed E-state index contributed by atoms with van der Waals surface area (Å²) in [5.41, 5.74) is 12.6. The largest absolute Gasteiger partial charge is 0.374 e. The van der Waals surface area contributed by atoms with E-state index in [1.807, 2.05) is 87.9 Å². The van der Waals surface area contributed by atoms with Gasteiger partial charge in [0.25, 0.3) is 0 Å². The summed E-state index contributed by atoms with van der Waals surface area (Å²) in [5, 5.41) is 28.8. The van der Waals surface area contributed by atoms with Gasteiger partial charge in [-0.05, 0) is 48.9 Å². The van der Waals surface area contributed by atoms with E-state index < -0.39 is 0 Å². The van der Waals surface area contributed by atoms with Crippen LogP contribution in [-0.4, -0.2) is 72.4 Å². The highest BCUT2D eigenvalue weighted by Gasteiger charge is 2.08. The monoisotopic (exact) mass is 746 g/mol. The van der Waals surface area contributed by atoms with Crippen LogP contribution in [0.1, 0.15) is 0 Å². The maximum atomic E-state index is 5.87. The maximum Gasteiger partial charge on any atom is 0.212 e. The molecule has 0 spiro atoms. The van der Waals surface area contributed by atoms with Gasteiger partial charge in [0.15, 0.2) is 8.68 Å². The summed E-state index contributed by atoms with van der Waals surface area (Å²) >= 11 is 11.9. The average molecular weight is 747 g/mol. The van der Waals surface area contributed by atoms with E-state index in [4.69, 9.17) is 17.3 Å². The summed E-state index contributed by atoms with van der Waals surface area (Å²) in [7, 11) is 3.77. The van der Waals surface area contributed by atoms with Gasteiger partial charge in [-0.3, -0.25) is 19.3 Å². The molecule has 0 atom stereocenters. The Morgan fingerprint density at radius 2 is 1.24 bits per heavy atom. The Morgan fingerprint density at radius 1 is 0.673 bits per heavy atom. The Morgan fingerprint density at radius 3 is 1.76 bits per heavy atom. The summed E-state index contributed by atoms with van der Waals surface area (Å²) in [6, 6.07) is 11.4. The van der Waals surface area contributed by atoms with Gasteiger partial charge in [0.2, 0.25) is 10.3 Å². The fraction of sp³-hybridized carbons (Fsp3) is 0.133. The van der Waals surface area contributed by atoms with Crippen molar-refractivity contribution in [3.63, 3.8) is 0 Å². The van der Waals surface area contributed by atoms with Crippen molar-refractivity contribution < 1.29 is 0 Å². The molecule has 8 aromatic rings. The number of aromatic nitrogens is 12. The van der Waals surface area contributed by atoms with Gasteiger partial charge >= 0.3 is 0 Å². The summed E-state index contributed by atoms with van der Waals surface area (Å²) in [4.78, 5) is 17.7. The average Bonchev–Trinajstić information content (AvgIpc) is 3.94. The standard InChI is InChI=1S/C15H13N7S2.C12H9ClN4.C3H5N3S2/c1-22-8-10(7-17-22)9-5-12-11(16-6-9)3-4-13(18-12)19-14-20-21-15(23-2)24-14;1-17-7-9(6-15-17)8-4-11-10(14-5-8)2-3-12(13)16-11;1-7-3-6-5-2(4)8-3/h3-8H,1-2H3,(H,18,19,20);2-7H,1H3;1H3,(H2,4,5). The Balaban J connectivity index is 0.000000144. The zero-order valence-electron chi connectivity index (χ0n) is 26.4. The number of nitrogens with zero attached hydrogens (tertiary/aromatic N) is 12. The Hall–Kier alpha value is -4.75. The molecule has 0 radical (unpaired) electrons. The molecule has 8 heterocycles. The molecular weight excluding hydrogens is 720 g/mol. The number of rotatable bonds is 6. The number of aryl methyl sites for hydroxylation is 2. The Bertz CT molecular complexity index is 2330. The number of anilines is 3. The van der Waals surface area contributed by atoms with E-state index in [1.165, 1.54) is 22.7 Å². The normalized spacial score (nSPS) is 10.8. The van der Waals surface area contributed by atoms with Crippen LogP contribution in [0.5, 0.6) is 0 Å². The van der Waals surface area contributed by atoms with Crippen molar-refractivity contribution in [1.29, 1.82) is 0 Å². The van der Waals surface area contributed by atoms with E-state index in [0.717, 1.165) is 63.9 Å². The van der Waals surface area contributed by atoms with Crippen molar-refractivity contribution >= 4 is 95.9 Å². The molecule has 0 aliphatic heterocycles. The smallest absolute Gasteiger partial charge is 0.212 e. The fourth-order valence-electron chi connectivity index (χ4n) is 4.27. The summed E-state index contributed by atoms with van der Waals surface area (Å²) in [6.45, 7) is 0. The molecule has 0 saturated heterocycles. The first kappa shape index (κ1) is 34.1. The minimum atomic E-state index is 0.475. The minimum absolute atomic E-state index is 0.475. The summed E-state index contributed by atoms with van der Waals surface area (Å²) in [6.07, 6.45) is 15.1. The molecule has 19 heteroatoms. The number of pyridine rings is 4. The molecule has 0 amide bonds. The molecule has 49 heavy (non-hydrogen) atoms. The lowest BCUT2D eigenvalue weighted by atomic mass is 10.1. The molecule has 0 bridgehead atoms. The first-order valence-electron chi connectivity index (χ1n) is 14.2. The number of hydrogen-bond donors (Lipinski definition) is 2. The van der Waals surface area contributed by atoms with E-state index in [9.17, 15) is 0 Å². The highest BCUT2D eigenvalue weighted by molar-refractivity contribution is 8.00. The summed E-state index contributed by atoms with van der Waals surface area (Å²) in [5.74, 6) is 0.719. The molecule has 3 N–H and O–H groups in total. The number of nitrogens with two attached hydrogens (primary N) is 1. The van der Waals surface area contributed by atoms with Crippen LogP contribution >= 0.6 is 57.8 Å². The van der Waals surface area contributed by atoms with E-state index in [0.29, 0.717) is 10.3 Å². The van der Waals surface area contributed by atoms with Crippen molar-refractivity contribution in [2.24, 2.45) is 14.1 Å². The van der Waals surface area contributed by atoms with Gasteiger partial charge in [0.05, 0.1) is 34.5 Å². The van der Waals surface area contributed by atoms with Gasteiger partial charge in [-0.1, -0.05) is 57.8 Å². The van der Waals surface area contributed by atoms with Gasteiger partial charge < -0.3 is 11.1 Å². The highest BCUT2D eigenvalue weighted by atomic mass is 35.5. The van der Waals surface area contributed by atoms with Gasteiger partial charge in [-0.2, -0.15) is 10.2 Å².